The number of morpholine rings is 1. The number of carbonyl (C=O) groups excluding carboxylic acids is 1. The number of amides is 1. The first-order valence-corrected chi connectivity index (χ1v) is 7.34. The monoisotopic (exact) mass is 275 g/mol. The molecule has 0 unspecified atom stereocenters. The molecule has 2 atom stereocenters. The van der Waals surface area contributed by atoms with E-state index in [1.807, 2.05) is 17.0 Å². The highest BCUT2D eigenvalue weighted by atomic mass is 16.5. The molecule has 0 aromatic carbocycles. The Balaban J connectivity index is 1.75. The van der Waals surface area contributed by atoms with Crippen molar-refractivity contribution in [2.45, 2.75) is 25.5 Å². The molecule has 2 aliphatic rings. The van der Waals surface area contributed by atoms with Crippen LogP contribution in [0.25, 0.3) is 0 Å². The zero-order valence-corrected chi connectivity index (χ0v) is 11.9. The number of pyridine rings is 1. The SMILES string of the molecule is CCN1CC[C@H]2[C@H](C1)OCCN2C(=O)c1cccnc1. The minimum absolute atomic E-state index is 0.0846. The number of likely N-dealkylation sites (tertiary alicyclic amines) is 1. The van der Waals surface area contributed by atoms with E-state index in [0.717, 1.165) is 26.1 Å². The smallest absolute Gasteiger partial charge is 0.255 e. The fraction of sp³-hybridized carbons (Fsp3) is 0.600. The van der Waals surface area contributed by atoms with Crippen LogP contribution in [0, 0.1) is 0 Å². The van der Waals surface area contributed by atoms with Crippen LogP contribution in [0.4, 0.5) is 0 Å². The van der Waals surface area contributed by atoms with E-state index in [-0.39, 0.29) is 18.1 Å². The van der Waals surface area contributed by atoms with Crippen molar-refractivity contribution >= 4 is 5.91 Å². The number of nitrogens with zero attached hydrogens (tertiary/aromatic N) is 3. The largest absolute Gasteiger partial charge is 0.373 e. The number of ether oxygens (including phenoxy) is 1. The van der Waals surface area contributed by atoms with Crippen molar-refractivity contribution in [1.82, 2.24) is 14.8 Å². The van der Waals surface area contributed by atoms with Gasteiger partial charge in [-0.25, -0.2) is 0 Å². The first-order valence-electron chi connectivity index (χ1n) is 7.34. The lowest BCUT2D eigenvalue weighted by atomic mass is 9.97. The van der Waals surface area contributed by atoms with Crippen molar-refractivity contribution in [3.8, 4) is 0 Å². The predicted octanol–water partition coefficient (Wildman–Crippen LogP) is 1.02. The van der Waals surface area contributed by atoms with E-state index in [1.54, 1.807) is 12.4 Å². The van der Waals surface area contributed by atoms with Gasteiger partial charge in [0.15, 0.2) is 0 Å². The molecule has 1 amide bonds. The lowest BCUT2D eigenvalue weighted by molar-refractivity contribution is -0.0912. The summed E-state index contributed by atoms with van der Waals surface area (Å²) < 4.78 is 5.88. The Kier molecular flexibility index (Phi) is 3.98. The molecule has 0 spiro atoms. The Morgan fingerprint density at radius 3 is 3.15 bits per heavy atom. The number of rotatable bonds is 2. The van der Waals surface area contributed by atoms with Crippen molar-refractivity contribution in [3.05, 3.63) is 30.1 Å². The van der Waals surface area contributed by atoms with Crippen LogP contribution in [0.3, 0.4) is 0 Å². The molecule has 2 saturated heterocycles. The summed E-state index contributed by atoms with van der Waals surface area (Å²) in [6, 6.07) is 3.85. The molecular weight excluding hydrogens is 254 g/mol. The molecule has 0 saturated carbocycles. The number of piperidine rings is 1. The molecule has 3 heterocycles. The molecule has 1 aromatic rings. The van der Waals surface area contributed by atoms with Crippen LogP contribution in [-0.2, 0) is 4.74 Å². The highest BCUT2D eigenvalue weighted by molar-refractivity contribution is 5.94. The third-order valence-corrected chi connectivity index (χ3v) is 4.29. The van der Waals surface area contributed by atoms with Gasteiger partial charge in [-0.15, -0.1) is 0 Å². The molecule has 0 aliphatic carbocycles. The molecule has 3 rings (SSSR count). The van der Waals surface area contributed by atoms with E-state index in [4.69, 9.17) is 4.74 Å². The Hall–Kier alpha value is -1.46. The van der Waals surface area contributed by atoms with Crippen molar-refractivity contribution in [2.24, 2.45) is 0 Å². The van der Waals surface area contributed by atoms with Gasteiger partial charge in [0.2, 0.25) is 0 Å². The first kappa shape index (κ1) is 13.5. The first-order chi connectivity index (χ1) is 9.79. The van der Waals surface area contributed by atoms with Crippen molar-refractivity contribution < 1.29 is 9.53 Å². The van der Waals surface area contributed by atoms with Crippen LogP contribution in [0.5, 0.6) is 0 Å². The molecule has 2 fully saturated rings. The van der Waals surface area contributed by atoms with Crippen molar-refractivity contribution in [1.29, 1.82) is 0 Å². The Bertz CT molecular complexity index is 465. The predicted molar refractivity (Wildman–Crippen MR) is 75.5 cm³/mol. The van der Waals surface area contributed by atoms with Crippen molar-refractivity contribution in [3.63, 3.8) is 0 Å². The summed E-state index contributed by atoms with van der Waals surface area (Å²) in [6.07, 6.45) is 4.48. The van der Waals surface area contributed by atoms with Gasteiger partial charge in [-0.1, -0.05) is 6.92 Å². The number of hydrogen-bond donors (Lipinski definition) is 0. The minimum Gasteiger partial charge on any atom is -0.373 e. The third kappa shape index (κ3) is 2.55. The average Bonchev–Trinajstić information content (AvgIpc) is 2.54. The van der Waals surface area contributed by atoms with Crippen LogP contribution >= 0.6 is 0 Å². The Labute approximate surface area is 119 Å². The Morgan fingerprint density at radius 2 is 2.40 bits per heavy atom. The van der Waals surface area contributed by atoms with Gasteiger partial charge < -0.3 is 14.5 Å². The lowest BCUT2D eigenvalue weighted by Gasteiger charge is -2.46. The van der Waals surface area contributed by atoms with Gasteiger partial charge in [0.05, 0.1) is 24.3 Å². The minimum atomic E-state index is 0.0846. The van der Waals surface area contributed by atoms with Gasteiger partial charge in [-0.05, 0) is 25.1 Å². The summed E-state index contributed by atoms with van der Waals surface area (Å²) in [6.45, 7) is 6.49. The summed E-state index contributed by atoms with van der Waals surface area (Å²) in [4.78, 5) is 21.0. The van der Waals surface area contributed by atoms with Crippen LogP contribution in [0.15, 0.2) is 24.5 Å². The summed E-state index contributed by atoms with van der Waals surface area (Å²) in [5.41, 5.74) is 0.672. The zero-order valence-electron chi connectivity index (χ0n) is 11.9. The number of hydrogen-bond acceptors (Lipinski definition) is 4. The van der Waals surface area contributed by atoms with E-state index in [9.17, 15) is 4.79 Å². The summed E-state index contributed by atoms with van der Waals surface area (Å²) in [5.74, 6) is 0.0846. The average molecular weight is 275 g/mol. The third-order valence-electron chi connectivity index (χ3n) is 4.29. The maximum Gasteiger partial charge on any atom is 0.255 e. The molecule has 1 aromatic heterocycles. The van der Waals surface area contributed by atoms with Gasteiger partial charge in [0.25, 0.3) is 5.91 Å². The van der Waals surface area contributed by atoms with Crippen LogP contribution in [0.2, 0.25) is 0 Å². The molecule has 0 radical (unpaired) electrons. The quantitative estimate of drug-likeness (QED) is 0.808. The lowest BCUT2D eigenvalue weighted by Crippen LogP contribution is -2.60. The van der Waals surface area contributed by atoms with Gasteiger partial charge in [-0.3, -0.25) is 9.78 Å². The van der Waals surface area contributed by atoms with E-state index in [0.29, 0.717) is 18.7 Å². The number of fused-ring (bicyclic) bond motifs is 1. The second-order valence-electron chi connectivity index (χ2n) is 5.40. The summed E-state index contributed by atoms with van der Waals surface area (Å²) in [7, 11) is 0. The summed E-state index contributed by atoms with van der Waals surface area (Å²) >= 11 is 0. The van der Waals surface area contributed by atoms with E-state index >= 15 is 0 Å². The van der Waals surface area contributed by atoms with Gasteiger partial charge in [-0.2, -0.15) is 0 Å². The van der Waals surface area contributed by atoms with E-state index in [1.165, 1.54) is 0 Å². The van der Waals surface area contributed by atoms with E-state index < -0.39 is 0 Å². The van der Waals surface area contributed by atoms with Crippen molar-refractivity contribution in [2.75, 3.05) is 32.8 Å². The van der Waals surface area contributed by atoms with Gasteiger partial charge in [0.1, 0.15) is 0 Å². The molecule has 108 valence electrons. The summed E-state index contributed by atoms with van der Waals surface area (Å²) in [5, 5.41) is 0. The van der Waals surface area contributed by atoms with Crippen LogP contribution in [-0.4, -0.2) is 65.6 Å². The molecule has 0 bridgehead atoms. The number of likely N-dealkylation sites (N-methyl/N-ethyl adjacent to an activating group) is 1. The number of aromatic nitrogens is 1. The maximum absolute atomic E-state index is 12.6. The zero-order chi connectivity index (χ0) is 13.9. The maximum atomic E-state index is 12.6. The van der Waals surface area contributed by atoms with Crippen LogP contribution < -0.4 is 0 Å². The van der Waals surface area contributed by atoms with Crippen LogP contribution in [0.1, 0.15) is 23.7 Å². The molecule has 5 nitrogen and oxygen atoms in total. The highest BCUT2D eigenvalue weighted by Gasteiger charge is 2.38. The Morgan fingerprint density at radius 1 is 1.50 bits per heavy atom. The molecule has 2 aliphatic heterocycles. The standard InChI is InChI=1S/C15H21N3O2/c1-2-17-7-5-13-14(11-17)20-9-8-18(13)15(19)12-4-3-6-16-10-12/h3-4,6,10,13-14H,2,5,7-9,11H2,1H3/t13-,14-/m0/s1. The van der Waals surface area contributed by atoms with E-state index in [2.05, 4.69) is 16.8 Å². The fourth-order valence-corrected chi connectivity index (χ4v) is 3.15. The highest BCUT2D eigenvalue weighted by Crippen LogP contribution is 2.24. The second kappa shape index (κ2) is 5.89. The fourth-order valence-electron chi connectivity index (χ4n) is 3.15. The van der Waals surface area contributed by atoms with Gasteiger partial charge >= 0.3 is 0 Å². The number of carbonyl (C=O) groups is 1. The normalized spacial score (nSPS) is 27.1. The molecule has 20 heavy (non-hydrogen) atoms. The van der Waals surface area contributed by atoms with Gasteiger partial charge in [0, 0.05) is 32.0 Å². The molecular formula is C15H21N3O2. The molecule has 5 heteroatoms. The topological polar surface area (TPSA) is 45.7 Å². The second-order valence-corrected chi connectivity index (χ2v) is 5.40. The molecule has 0 N–H and O–H groups in total.